The first-order valence-corrected chi connectivity index (χ1v) is 10.4. The minimum atomic E-state index is 0.355. The Kier molecular flexibility index (Phi) is 5.07. The summed E-state index contributed by atoms with van der Waals surface area (Å²) in [5.74, 6) is 1.69. The summed E-state index contributed by atoms with van der Waals surface area (Å²) in [6.07, 6.45) is 0. The number of hydrogen-bond acceptors (Lipinski definition) is 2. The lowest BCUT2D eigenvalue weighted by Gasteiger charge is -2.13. The first-order valence-electron chi connectivity index (χ1n) is 9.68. The highest BCUT2D eigenvalue weighted by Crippen LogP contribution is 2.28. The fraction of sp³-hybridized carbons (Fsp3) is 0.0800. The quantitative estimate of drug-likeness (QED) is 0.295. The summed E-state index contributed by atoms with van der Waals surface area (Å²) >= 11 is 12.5. The van der Waals surface area contributed by atoms with Crippen molar-refractivity contribution in [1.82, 2.24) is 9.55 Å². The van der Waals surface area contributed by atoms with Crippen LogP contribution in [0.25, 0.3) is 21.8 Å². The zero-order chi connectivity index (χ0) is 20.5. The molecule has 5 aromatic rings. The summed E-state index contributed by atoms with van der Waals surface area (Å²) in [5.41, 5.74) is 2.95. The Balaban J connectivity index is 1.51. The maximum Gasteiger partial charge on any atom is 0.148 e. The molecule has 30 heavy (non-hydrogen) atoms. The van der Waals surface area contributed by atoms with Gasteiger partial charge in [-0.1, -0.05) is 77.8 Å². The van der Waals surface area contributed by atoms with Crippen LogP contribution in [0.4, 0.5) is 0 Å². The summed E-state index contributed by atoms with van der Waals surface area (Å²) < 4.78 is 8.37. The van der Waals surface area contributed by atoms with Gasteiger partial charge in [0.25, 0.3) is 0 Å². The van der Waals surface area contributed by atoms with Gasteiger partial charge in [0.2, 0.25) is 0 Å². The highest BCUT2D eigenvalue weighted by atomic mass is 35.5. The molecule has 0 unspecified atom stereocenters. The van der Waals surface area contributed by atoms with Gasteiger partial charge in [-0.05, 0) is 41.3 Å². The molecule has 1 heterocycles. The molecule has 0 fully saturated rings. The van der Waals surface area contributed by atoms with Crippen LogP contribution in [0.2, 0.25) is 10.0 Å². The van der Waals surface area contributed by atoms with Crippen molar-refractivity contribution in [2.75, 3.05) is 0 Å². The monoisotopic (exact) mass is 432 g/mol. The third-order valence-electron chi connectivity index (χ3n) is 5.18. The van der Waals surface area contributed by atoms with E-state index in [0.717, 1.165) is 38.9 Å². The van der Waals surface area contributed by atoms with Gasteiger partial charge in [0.05, 0.1) is 17.6 Å². The molecular formula is C25H18Cl2N2O. The average molecular weight is 433 g/mol. The number of halogens is 2. The van der Waals surface area contributed by atoms with Crippen molar-refractivity contribution in [1.29, 1.82) is 0 Å². The van der Waals surface area contributed by atoms with Crippen molar-refractivity contribution in [2.24, 2.45) is 0 Å². The minimum Gasteiger partial charge on any atom is -0.485 e. The van der Waals surface area contributed by atoms with E-state index in [4.69, 9.17) is 32.9 Å². The van der Waals surface area contributed by atoms with Crippen LogP contribution < -0.4 is 4.74 Å². The van der Waals surface area contributed by atoms with Crippen LogP contribution in [0.1, 0.15) is 11.4 Å². The van der Waals surface area contributed by atoms with E-state index in [2.05, 4.69) is 28.8 Å². The van der Waals surface area contributed by atoms with Gasteiger partial charge >= 0.3 is 0 Å². The van der Waals surface area contributed by atoms with Crippen molar-refractivity contribution < 1.29 is 4.74 Å². The van der Waals surface area contributed by atoms with Gasteiger partial charge < -0.3 is 9.30 Å². The van der Waals surface area contributed by atoms with E-state index in [0.29, 0.717) is 23.2 Å². The molecule has 4 aromatic carbocycles. The SMILES string of the molecule is Clc1ccc(Cn2c(COc3cccc4ccccc34)nc3ccccc32)c(Cl)c1. The number of benzene rings is 4. The molecule has 148 valence electrons. The number of aromatic nitrogens is 2. The van der Waals surface area contributed by atoms with Crippen molar-refractivity contribution in [3.63, 3.8) is 0 Å². The van der Waals surface area contributed by atoms with Gasteiger partial charge in [-0.15, -0.1) is 0 Å². The fourth-order valence-electron chi connectivity index (χ4n) is 3.70. The third kappa shape index (κ3) is 3.62. The van der Waals surface area contributed by atoms with E-state index >= 15 is 0 Å². The molecule has 3 nitrogen and oxygen atoms in total. The van der Waals surface area contributed by atoms with Crippen LogP contribution in [-0.2, 0) is 13.2 Å². The van der Waals surface area contributed by atoms with Crippen LogP contribution in [0.5, 0.6) is 5.75 Å². The molecule has 0 spiro atoms. The number of hydrogen-bond donors (Lipinski definition) is 0. The zero-order valence-corrected chi connectivity index (χ0v) is 17.6. The maximum atomic E-state index is 6.44. The second-order valence-corrected chi connectivity index (χ2v) is 7.95. The maximum absolute atomic E-state index is 6.44. The molecule has 0 N–H and O–H groups in total. The molecule has 5 rings (SSSR count). The Hall–Kier alpha value is -3.01. The van der Waals surface area contributed by atoms with Crippen LogP contribution in [0.15, 0.2) is 84.9 Å². The van der Waals surface area contributed by atoms with Crippen molar-refractivity contribution in [3.8, 4) is 5.75 Å². The lowest BCUT2D eigenvalue weighted by atomic mass is 10.1. The topological polar surface area (TPSA) is 27.1 Å². The summed E-state index contributed by atoms with van der Waals surface area (Å²) in [4.78, 5) is 4.82. The molecule has 0 aliphatic carbocycles. The van der Waals surface area contributed by atoms with Gasteiger partial charge in [0, 0.05) is 15.4 Å². The van der Waals surface area contributed by atoms with E-state index in [1.54, 1.807) is 6.07 Å². The third-order valence-corrected chi connectivity index (χ3v) is 5.77. The largest absolute Gasteiger partial charge is 0.485 e. The highest BCUT2D eigenvalue weighted by molar-refractivity contribution is 6.35. The highest BCUT2D eigenvalue weighted by Gasteiger charge is 2.14. The Morgan fingerprint density at radius 1 is 0.833 bits per heavy atom. The van der Waals surface area contributed by atoms with Crippen molar-refractivity contribution in [2.45, 2.75) is 13.2 Å². The number of nitrogens with zero attached hydrogens (tertiary/aromatic N) is 2. The number of para-hydroxylation sites is 2. The van der Waals surface area contributed by atoms with Gasteiger partial charge in [0.1, 0.15) is 18.2 Å². The van der Waals surface area contributed by atoms with Crippen LogP contribution in [0, 0.1) is 0 Å². The molecule has 1 aromatic heterocycles. The number of ether oxygens (including phenoxy) is 1. The van der Waals surface area contributed by atoms with Gasteiger partial charge in [-0.3, -0.25) is 0 Å². The molecule has 0 radical (unpaired) electrons. The fourth-order valence-corrected chi connectivity index (χ4v) is 4.16. The van der Waals surface area contributed by atoms with E-state index in [1.165, 1.54) is 0 Å². The number of imidazole rings is 1. The normalized spacial score (nSPS) is 11.3. The molecule has 0 aliphatic heterocycles. The van der Waals surface area contributed by atoms with Crippen molar-refractivity contribution >= 4 is 45.0 Å². The Labute approximate surface area is 184 Å². The Bertz CT molecular complexity index is 1350. The molecular weight excluding hydrogens is 415 g/mol. The molecule has 0 amide bonds. The van der Waals surface area contributed by atoms with Gasteiger partial charge in [0.15, 0.2) is 0 Å². The van der Waals surface area contributed by atoms with E-state index in [-0.39, 0.29) is 0 Å². The van der Waals surface area contributed by atoms with Crippen LogP contribution in [-0.4, -0.2) is 9.55 Å². The number of fused-ring (bicyclic) bond motifs is 2. The van der Waals surface area contributed by atoms with E-state index in [1.807, 2.05) is 54.6 Å². The van der Waals surface area contributed by atoms with Gasteiger partial charge in [-0.2, -0.15) is 0 Å². The summed E-state index contributed by atoms with van der Waals surface area (Å²) in [6, 6.07) is 27.9. The summed E-state index contributed by atoms with van der Waals surface area (Å²) in [6.45, 7) is 0.943. The standard InChI is InChI=1S/C25H18Cl2N2O/c26-19-13-12-18(21(27)14-19)15-29-23-10-4-3-9-22(23)28-25(29)16-30-24-11-5-7-17-6-1-2-8-20(17)24/h1-14H,15-16H2. The first-order chi connectivity index (χ1) is 14.7. The van der Waals surface area contributed by atoms with Gasteiger partial charge in [-0.25, -0.2) is 4.98 Å². The van der Waals surface area contributed by atoms with Crippen LogP contribution >= 0.6 is 23.2 Å². The van der Waals surface area contributed by atoms with E-state index in [9.17, 15) is 0 Å². The van der Waals surface area contributed by atoms with E-state index < -0.39 is 0 Å². The Morgan fingerprint density at radius 3 is 2.53 bits per heavy atom. The number of rotatable bonds is 5. The van der Waals surface area contributed by atoms with Crippen molar-refractivity contribution in [3.05, 3.63) is 106 Å². The molecule has 0 saturated carbocycles. The summed E-state index contributed by atoms with van der Waals surface area (Å²) in [7, 11) is 0. The first kappa shape index (κ1) is 19.0. The lowest BCUT2D eigenvalue weighted by Crippen LogP contribution is -2.09. The lowest BCUT2D eigenvalue weighted by molar-refractivity contribution is 0.295. The second-order valence-electron chi connectivity index (χ2n) is 7.10. The zero-order valence-electron chi connectivity index (χ0n) is 16.1. The second kappa shape index (κ2) is 8.02. The Morgan fingerprint density at radius 2 is 1.63 bits per heavy atom. The predicted molar refractivity (Wildman–Crippen MR) is 124 cm³/mol. The smallest absolute Gasteiger partial charge is 0.148 e. The average Bonchev–Trinajstić information content (AvgIpc) is 3.11. The minimum absolute atomic E-state index is 0.355. The molecule has 0 saturated heterocycles. The molecule has 5 heteroatoms. The molecule has 0 bridgehead atoms. The molecule has 0 aliphatic rings. The predicted octanol–water partition coefficient (Wildman–Crippen LogP) is 7.12. The molecule has 0 atom stereocenters. The summed E-state index contributed by atoms with van der Waals surface area (Å²) in [5, 5.41) is 3.50. The van der Waals surface area contributed by atoms with Crippen LogP contribution in [0.3, 0.4) is 0 Å².